The molecule has 0 saturated carbocycles. The summed E-state index contributed by atoms with van der Waals surface area (Å²) in [5.41, 5.74) is 0.118. The summed E-state index contributed by atoms with van der Waals surface area (Å²) in [6.07, 6.45) is 0.516. The van der Waals surface area contributed by atoms with Crippen molar-refractivity contribution in [2.75, 3.05) is 0 Å². The van der Waals surface area contributed by atoms with E-state index in [1.165, 1.54) is 6.07 Å². The summed E-state index contributed by atoms with van der Waals surface area (Å²) in [6.45, 7) is 1.66. The molecular formula is C10H11N3O4. The predicted molar refractivity (Wildman–Crippen MR) is 54.9 cm³/mol. The van der Waals surface area contributed by atoms with Crippen LogP contribution in [0.3, 0.4) is 0 Å². The minimum atomic E-state index is -0.697. The van der Waals surface area contributed by atoms with Crippen molar-refractivity contribution in [1.82, 2.24) is 15.8 Å². The molecule has 2 N–H and O–H groups in total. The second-order valence-corrected chi connectivity index (χ2v) is 3.80. The molecule has 1 aromatic rings. The lowest BCUT2D eigenvalue weighted by Gasteiger charge is -2.21. The zero-order valence-electron chi connectivity index (χ0n) is 9.15. The van der Waals surface area contributed by atoms with Gasteiger partial charge in [-0.15, -0.1) is 0 Å². The van der Waals surface area contributed by atoms with Gasteiger partial charge < -0.3 is 9.84 Å². The molecule has 7 nitrogen and oxygen atoms in total. The number of hydrogen-bond acceptors (Lipinski definition) is 5. The van der Waals surface area contributed by atoms with Gasteiger partial charge in [0.15, 0.2) is 5.69 Å². The Morgan fingerprint density at radius 1 is 1.59 bits per heavy atom. The molecular weight excluding hydrogens is 226 g/mol. The topological polar surface area (TPSA) is 101 Å². The Morgan fingerprint density at radius 2 is 2.35 bits per heavy atom. The van der Waals surface area contributed by atoms with Crippen LogP contribution < -0.4 is 10.6 Å². The Bertz CT molecular complexity index is 480. The van der Waals surface area contributed by atoms with E-state index >= 15 is 0 Å². The van der Waals surface area contributed by atoms with E-state index in [-0.39, 0.29) is 18.0 Å². The molecule has 1 aliphatic heterocycles. The van der Waals surface area contributed by atoms with Crippen molar-refractivity contribution in [2.45, 2.75) is 25.8 Å². The van der Waals surface area contributed by atoms with Crippen molar-refractivity contribution in [2.24, 2.45) is 0 Å². The fraction of sp³-hybridized carbons (Fsp3) is 0.400. The maximum absolute atomic E-state index is 11.7. The summed E-state index contributed by atoms with van der Waals surface area (Å²) in [7, 11) is 0. The van der Waals surface area contributed by atoms with Crippen LogP contribution in [0.15, 0.2) is 10.6 Å². The molecule has 17 heavy (non-hydrogen) atoms. The van der Waals surface area contributed by atoms with Gasteiger partial charge in [-0.3, -0.25) is 19.7 Å². The van der Waals surface area contributed by atoms with Gasteiger partial charge in [-0.25, -0.2) is 0 Å². The number of carbonyl (C=O) groups is 3. The van der Waals surface area contributed by atoms with Crippen molar-refractivity contribution in [1.29, 1.82) is 0 Å². The SMILES string of the molecule is Cc1cc(C(=O)NC2CCC(=O)NC2=O)no1. The summed E-state index contributed by atoms with van der Waals surface area (Å²) >= 11 is 0. The highest BCUT2D eigenvalue weighted by Crippen LogP contribution is 2.06. The van der Waals surface area contributed by atoms with Gasteiger partial charge in [0.25, 0.3) is 5.91 Å². The second kappa shape index (κ2) is 4.36. The van der Waals surface area contributed by atoms with Gasteiger partial charge in [0, 0.05) is 12.5 Å². The first-order chi connectivity index (χ1) is 8.06. The average Bonchev–Trinajstić information content (AvgIpc) is 2.69. The Kier molecular flexibility index (Phi) is 2.90. The Morgan fingerprint density at radius 3 is 2.94 bits per heavy atom. The van der Waals surface area contributed by atoms with Crippen LogP contribution >= 0.6 is 0 Å². The molecule has 90 valence electrons. The normalized spacial score (nSPS) is 19.9. The van der Waals surface area contributed by atoms with E-state index in [9.17, 15) is 14.4 Å². The fourth-order valence-electron chi connectivity index (χ4n) is 1.54. The Labute approximate surface area is 96.5 Å². The van der Waals surface area contributed by atoms with Crippen molar-refractivity contribution >= 4 is 17.7 Å². The van der Waals surface area contributed by atoms with Crippen LogP contribution in [0.1, 0.15) is 29.1 Å². The van der Waals surface area contributed by atoms with Gasteiger partial charge in [-0.05, 0) is 13.3 Å². The van der Waals surface area contributed by atoms with E-state index in [4.69, 9.17) is 4.52 Å². The fourth-order valence-corrected chi connectivity index (χ4v) is 1.54. The second-order valence-electron chi connectivity index (χ2n) is 3.80. The average molecular weight is 237 g/mol. The zero-order chi connectivity index (χ0) is 12.4. The number of amides is 3. The third kappa shape index (κ3) is 2.49. The molecule has 2 rings (SSSR count). The number of carbonyl (C=O) groups excluding carboxylic acids is 3. The third-order valence-electron chi connectivity index (χ3n) is 2.41. The van der Waals surface area contributed by atoms with E-state index in [2.05, 4.69) is 15.8 Å². The number of nitrogens with zero attached hydrogens (tertiary/aromatic N) is 1. The summed E-state index contributed by atoms with van der Waals surface area (Å²) in [5.74, 6) is -0.789. The molecule has 0 aromatic carbocycles. The molecule has 7 heteroatoms. The highest BCUT2D eigenvalue weighted by molar-refractivity contribution is 6.03. The first-order valence-corrected chi connectivity index (χ1v) is 5.14. The van der Waals surface area contributed by atoms with Gasteiger partial charge >= 0.3 is 0 Å². The molecule has 0 aliphatic carbocycles. The van der Waals surface area contributed by atoms with E-state index in [0.717, 1.165) is 0 Å². The van der Waals surface area contributed by atoms with Crippen molar-refractivity contribution in [3.05, 3.63) is 17.5 Å². The summed E-state index contributed by atoms with van der Waals surface area (Å²) < 4.78 is 4.75. The minimum Gasteiger partial charge on any atom is -0.361 e. The molecule has 1 unspecified atom stereocenters. The quantitative estimate of drug-likeness (QED) is 0.676. The van der Waals surface area contributed by atoms with Crippen LogP contribution in [0.4, 0.5) is 0 Å². The molecule has 0 bridgehead atoms. The van der Waals surface area contributed by atoms with Crippen LogP contribution in [-0.4, -0.2) is 28.9 Å². The molecule has 3 amide bonds. The molecule has 1 aliphatic rings. The van der Waals surface area contributed by atoms with Gasteiger partial charge in [0.05, 0.1) is 0 Å². The molecule has 0 radical (unpaired) electrons. The molecule has 2 heterocycles. The minimum absolute atomic E-state index is 0.118. The monoisotopic (exact) mass is 237 g/mol. The smallest absolute Gasteiger partial charge is 0.274 e. The number of nitrogens with one attached hydrogen (secondary N) is 2. The lowest BCUT2D eigenvalue weighted by Crippen LogP contribution is -2.52. The van der Waals surface area contributed by atoms with E-state index in [0.29, 0.717) is 12.2 Å². The molecule has 1 saturated heterocycles. The highest BCUT2D eigenvalue weighted by Gasteiger charge is 2.28. The molecule has 1 fully saturated rings. The highest BCUT2D eigenvalue weighted by atomic mass is 16.5. The number of imide groups is 1. The van der Waals surface area contributed by atoms with E-state index in [1.807, 2.05) is 0 Å². The number of hydrogen-bond donors (Lipinski definition) is 2. The van der Waals surface area contributed by atoms with Crippen LogP contribution in [0.2, 0.25) is 0 Å². The number of aromatic nitrogens is 1. The van der Waals surface area contributed by atoms with E-state index < -0.39 is 17.9 Å². The van der Waals surface area contributed by atoms with Gasteiger partial charge in [-0.2, -0.15) is 0 Å². The van der Waals surface area contributed by atoms with Crippen LogP contribution in [-0.2, 0) is 9.59 Å². The van der Waals surface area contributed by atoms with Crippen LogP contribution in [0, 0.1) is 6.92 Å². The lowest BCUT2D eigenvalue weighted by atomic mass is 10.1. The van der Waals surface area contributed by atoms with Crippen LogP contribution in [0.25, 0.3) is 0 Å². The molecule has 0 spiro atoms. The lowest BCUT2D eigenvalue weighted by molar-refractivity contribution is -0.134. The summed E-state index contributed by atoms with van der Waals surface area (Å²) in [5, 5.41) is 8.18. The largest absolute Gasteiger partial charge is 0.361 e. The van der Waals surface area contributed by atoms with Gasteiger partial charge in [0.2, 0.25) is 11.8 Å². The van der Waals surface area contributed by atoms with Gasteiger partial charge in [-0.1, -0.05) is 5.16 Å². The van der Waals surface area contributed by atoms with Crippen molar-refractivity contribution in [3.63, 3.8) is 0 Å². The third-order valence-corrected chi connectivity index (χ3v) is 2.41. The zero-order valence-corrected chi connectivity index (χ0v) is 9.15. The maximum atomic E-state index is 11.7. The first kappa shape index (κ1) is 11.3. The van der Waals surface area contributed by atoms with Gasteiger partial charge in [0.1, 0.15) is 11.8 Å². The maximum Gasteiger partial charge on any atom is 0.274 e. The molecule has 1 atom stereocenters. The van der Waals surface area contributed by atoms with Crippen LogP contribution in [0.5, 0.6) is 0 Å². The van der Waals surface area contributed by atoms with Crippen molar-refractivity contribution < 1.29 is 18.9 Å². The standard InChI is InChI=1S/C10H11N3O4/c1-5-4-7(13-17-5)10(16)11-6-2-3-8(14)12-9(6)15/h4,6H,2-3H2,1H3,(H,11,16)(H,12,14,15). The Balaban J connectivity index is 1.99. The number of piperidine rings is 1. The van der Waals surface area contributed by atoms with Crippen molar-refractivity contribution in [3.8, 4) is 0 Å². The first-order valence-electron chi connectivity index (χ1n) is 5.14. The van der Waals surface area contributed by atoms with E-state index in [1.54, 1.807) is 6.92 Å². The number of rotatable bonds is 2. The Hall–Kier alpha value is -2.18. The summed E-state index contributed by atoms with van der Waals surface area (Å²) in [4.78, 5) is 33.9. The molecule has 1 aromatic heterocycles. The summed E-state index contributed by atoms with van der Waals surface area (Å²) in [6, 6.07) is 0.776. The predicted octanol–water partition coefficient (Wildman–Crippen LogP) is -0.482. The number of aryl methyl sites for hydroxylation is 1.